The Labute approximate surface area is 181 Å². The molecule has 0 saturated carbocycles. The lowest BCUT2D eigenvalue weighted by atomic mass is 9.78. The van der Waals surface area contributed by atoms with E-state index in [1.807, 2.05) is 36.4 Å². The number of rotatable bonds is 6. The van der Waals surface area contributed by atoms with Crippen molar-refractivity contribution >= 4 is 11.8 Å². The van der Waals surface area contributed by atoms with E-state index in [-0.39, 0.29) is 11.8 Å². The second-order valence-corrected chi connectivity index (χ2v) is 7.92. The van der Waals surface area contributed by atoms with Crippen LogP contribution in [0.2, 0.25) is 0 Å². The van der Waals surface area contributed by atoms with E-state index in [0.717, 1.165) is 16.7 Å². The molecular weight excluding hydrogens is 390 g/mol. The SMILES string of the molecule is COc1cccc(C(=O)N2CCC(Cc3ccccc3-c3ccncc3)(C(N)=O)C2)c1. The maximum Gasteiger partial charge on any atom is 0.254 e. The molecule has 0 aliphatic carbocycles. The van der Waals surface area contributed by atoms with Gasteiger partial charge in [-0.2, -0.15) is 0 Å². The minimum atomic E-state index is -0.808. The molecule has 3 aromatic rings. The number of amides is 2. The third-order valence-corrected chi connectivity index (χ3v) is 6.02. The summed E-state index contributed by atoms with van der Waals surface area (Å²) < 4.78 is 5.23. The first-order valence-electron chi connectivity index (χ1n) is 10.2. The molecule has 6 heteroatoms. The molecule has 2 N–H and O–H groups in total. The zero-order valence-corrected chi connectivity index (χ0v) is 17.5. The molecule has 2 aromatic carbocycles. The van der Waals surface area contributed by atoms with Crippen molar-refractivity contribution in [1.29, 1.82) is 0 Å². The Bertz CT molecular complexity index is 1100. The van der Waals surface area contributed by atoms with Crippen LogP contribution in [0.5, 0.6) is 5.75 Å². The second kappa shape index (κ2) is 8.60. The van der Waals surface area contributed by atoms with E-state index in [1.54, 1.807) is 48.7 Å². The van der Waals surface area contributed by atoms with Crippen LogP contribution in [-0.2, 0) is 11.2 Å². The van der Waals surface area contributed by atoms with Gasteiger partial charge < -0.3 is 15.4 Å². The van der Waals surface area contributed by atoms with Gasteiger partial charge in [0.2, 0.25) is 5.91 Å². The van der Waals surface area contributed by atoms with Gasteiger partial charge in [-0.1, -0.05) is 30.3 Å². The third kappa shape index (κ3) is 4.14. The number of primary amides is 1. The van der Waals surface area contributed by atoms with Crippen molar-refractivity contribution in [2.24, 2.45) is 11.1 Å². The van der Waals surface area contributed by atoms with E-state index < -0.39 is 5.41 Å². The number of likely N-dealkylation sites (tertiary alicyclic amines) is 1. The smallest absolute Gasteiger partial charge is 0.254 e. The van der Waals surface area contributed by atoms with E-state index in [9.17, 15) is 9.59 Å². The summed E-state index contributed by atoms with van der Waals surface area (Å²) in [6, 6.07) is 18.9. The molecular formula is C25H25N3O3. The van der Waals surface area contributed by atoms with Crippen LogP contribution in [0, 0.1) is 5.41 Å². The summed E-state index contributed by atoms with van der Waals surface area (Å²) in [6.45, 7) is 0.777. The number of pyridine rings is 1. The Kier molecular flexibility index (Phi) is 5.71. The fourth-order valence-electron chi connectivity index (χ4n) is 4.27. The molecule has 31 heavy (non-hydrogen) atoms. The monoisotopic (exact) mass is 415 g/mol. The van der Waals surface area contributed by atoms with Crippen molar-refractivity contribution in [3.8, 4) is 16.9 Å². The van der Waals surface area contributed by atoms with Gasteiger partial charge in [0.25, 0.3) is 5.91 Å². The Morgan fingerprint density at radius 3 is 2.61 bits per heavy atom. The number of carbonyl (C=O) groups is 2. The van der Waals surface area contributed by atoms with Gasteiger partial charge in [-0.25, -0.2) is 0 Å². The lowest BCUT2D eigenvalue weighted by Gasteiger charge is -2.27. The number of hydrogen-bond donors (Lipinski definition) is 1. The average molecular weight is 415 g/mol. The van der Waals surface area contributed by atoms with Crippen LogP contribution >= 0.6 is 0 Å². The summed E-state index contributed by atoms with van der Waals surface area (Å²) in [7, 11) is 1.57. The first-order chi connectivity index (χ1) is 15.0. The van der Waals surface area contributed by atoms with E-state index in [0.29, 0.717) is 37.2 Å². The molecule has 4 rings (SSSR count). The quantitative estimate of drug-likeness (QED) is 0.669. The molecule has 1 aliphatic heterocycles. The number of carbonyl (C=O) groups excluding carboxylic acids is 2. The van der Waals surface area contributed by atoms with Crippen LogP contribution in [-0.4, -0.2) is 41.9 Å². The highest BCUT2D eigenvalue weighted by atomic mass is 16.5. The van der Waals surface area contributed by atoms with Crippen molar-refractivity contribution in [2.45, 2.75) is 12.8 Å². The number of nitrogens with two attached hydrogens (primary N) is 1. The van der Waals surface area contributed by atoms with Crippen LogP contribution in [0.25, 0.3) is 11.1 Å². The fraction of sp³-hybridized carbons (Fsp3) is 0.240. The lowest BCUT2D eigenvalue weighted by Crippen LogP contribution is -2.42. The van der Waals surface area contributed by atoms with Crippen LogP contribution in [0.1, 0.15) is 22.3 Å². The molecule has 2 amide bonds. The molecule has 1 unspecified atom stereocenters. The third-order valence-electron chi connectivity index (χ3n) is 6.02. The van der Waals surface area contributed by atoms with Crippen molar-refractivity contribution in [1.82, 2.24) is 9.88 Å². The Morgan fingerprint density at radius 1 is 1.10 bits per heavy atom. The largest absolute Gasteiger partial charge is 0.497 e. The zero-order valence-electron chi connectivity index (χ0n) is 17.5. The summed E-state index contributed by atoms with van der Waals surface area (Å²) >= 11 is 0. The van der Waals surface area contributed by atoms with Crippen molar-refractivity contribution in [3.63, 3.8) is 0 Å². The molecule has 1 aromatic heterocycles. The predicted molar refractivity (Wildman–Crippen MR) is 119 cm³/mol. The maximum atomic E-state index is 13.1. The topological polar surface area (TPSA) is 85.5 Å². The Balaban J connectivity index is 1.61. The van der Waals surface area contributed by atoms with Gasteiger partial charge in [0, 0.05) is 31.0 Å². The lowest BCUT2D eigenvalue weighted by molar-refractivity contribution is -0.126. The first-order valence-corrected chi connectivity index (χ1v) is 10.2. The zero-order chi connectivity index (χ0) is 21.8. The first kappa shape index (κ1) is 20.6. The number of aromatic nitrogens is 1. The Morgan fingerprint density at radius 2 is 1.87 bits per heavy atom. The van der Waals surface area contributed by atoms with E-state index >= 15 is 0 Å². The van der Waals surface area contributed by atoms with Crippen LogP contribution in [0.3, 0.4) is 0 Å². The molecule has 1 saturated heterocycles. The molecule has 6 nitrogen and oxygen atoms in total. The second-order valence-electron chi connectivity index (χ2n) is 7.92. The van der Waals surface area contributed by atoms with Gasteiger partial charge >= 0.3 is 0 Å². The number of methoxy groups -OCH3 is 1. The summed E-state index contributed by atoms with van der Waals surface area (Å²) in [6.07, 6.45) is 4.51. The van der Waals surface area contributed by atoms with E-state index in [1.165, 1.54) is 0 Å². The summed E-state index contributed by atoms with van der Waals surface area (Å²) in [5, 5.41) is 0. The van der Waals surface area contributed by atoms with Crippen LogP contribution in [0.4, 0.5) is 0 Å². The molecule has 0 spiro atoms. The molecule has 158 valence electrons. The molecule has 1 aliphatic rings. The minimum Gasteiger partial charge on any atom is -0.497 e. The summed E-state index contributed by atoms with van der Waals surface area (Å²) in [4.78, 5) is 31.5. The number of benzene rings is 2. The van der Waals surface area contributed by atoms with E-state index in [2.05, 4.69) is 4.98 Å². The highest BCUT2D eigenvalue weighted by molar-refractivity contribution is 5.95. The van der Waals surface area contributed by atoms with Gasteiger partial charge in [-0.05, 0) is 59.9 Å². The normalized spacial score (nSPS) is 18.0. The fourth-order valence-corrected chi connectivity index (χ4v) is 4.27. The van der Waals surface area contributed by atoms with Gasteiger partial charge in [0.1, 0.15) is 5.75 Å². The average Bonchev–Trinajstić information content (AvgIpc) is 3.25. The summed E-state index contributed by atoms with van der Waals surface area (Å²) in [5.74, 6) is 0.125. The standard InChI is InChI=1S/C25H25N3O3/c1-31-21-7-4-6-19(15-21)23(29)28-14-11-25(17-28,24(26)30)16-20-5-2-3-8-22(20)18-9-12-27-13-10-18/h2-10,12-13,15H,11,14,16-17H2,1H3,(H2,26,30). The molecule has 2 heterocycles. The van der Waals surface area contributed by atoms with Crippen LogP contribution in [0.15, 0.2) is 73.1 Å². The number of ether oxygens (including phenoxy) is 1. The van der Waals surface area contributed by atoms with Crippen molar-refractivity contribution in [3.05, 3.63) is 84.2 Å². The van der Waals surface area contributed by atoms with Gasteiger partial charge in [0.15, 0.2) is 0 Å². The molecule has 0 radical (unpaired) electrons. The molecule has 0 bridgehead atoms. The van der Waals surface area contributed by atoms with Crippen molar-refractivity contribution < 1.29 is 14.3 Å². The highest BCUT2D eigenvalue weighted by Crippen LogP contribution is 2.37. The van der Waals surface area contributed by atoms with Gasteiger partial charge in [-0.3, -0.25) is 14.6 Å². The number of nitrogens with zero attached hydrogens (tertiary/aromatic N) is 2. The van der Waals surface area contributed by atoms with Gasteiger partial charge in [0.05, 0.1) is 12.5 Å². The van der Waals surface area contributed by atoms with Crippen molar-refractivity contribution in [2.75, 3.05) is 20.2 Å². The Hall–Kier alpha value is -3.67. The summed E-state index contributed by atoms with van der Waals surface area (Å²) in [5.41, 5.74) is 8.75. The maximum absolute atomic E-state index is 13.1. The molecule has 1 atom stereocenters. The number of hydrogen-bond acceptors (Lipinski definition) is 4. The van der Waals surface area contributed by atoms with Crippen LogP contribution < -0.4 is 10.5 Å². The van der Waals surface area contributed by atoms with Gasteiger partial charge in [-0.15, -0.1) is 0 Å². The highest BCUT2D eigenvalue weighted by Gasteiger charge is 2.45. The predicted octanol–water partition coefficient (Wildman–Crippen LogP) is 3.32. The molecule has 1 fully saturated rings. The minimum absolute atomic E-state index is 0.121. The van der Waals surface area contributed by atoms with E-state index in [4.69, 9.17) is 10.5 Å².